The number of fused-ring (bicyclic) bond motifs is 1. The summed E-state index contributed by atoms with van der Waals surface area (Å²) in [7, 11) is 1.60. The van der Waals surface area contributed by atoms with E-state index < -0.39 is 6.04 Å². The van der Waals surface area contributed by atoms with E-state index >= 15 is 0 Å². The van der Waals surface area contributed by atoms with Crippen LogP contribution in [0.1, 0.15) is 49.1 Å². The van der Waals surface area contributed by atoms with Crippen molar-refractivity contribution in [2.24, 2.45) is 4.99 Å². The van der Waals surface area contributed by atoms with Gasteiger partial charge in [0.25, 0.3) is 11.5 Å². The summed E-state index contributed by atoms with van der Waals surface area (Å²) in [4.78, 5) is 33.3. The number of ether oxygens (including phenoxy) is 3. The maximum absolute atomic E-state index is 14.1. The number of aryl methyl sites for hydroxylation is 2. The van der Waals surface area contributed by atoms with Crippen LogP contribution in [0.5, 0.6) is 17.2 Å². The lowest BCUT2D eigenvalue weighted by Gasteiger charge is -2.25. The summed E-state index contributed by atoms with van der Waals surface area (Å²) in [5, 5.41) is 3.06. The Kier molecular flexibility index (Phi) is 8.82. The zero-order valence-corrected chi connectivity index (χ0v) is 26.0. The standard InChI is InChI=1S/C34H35N3O5S/c1-7-41-27-16-10-23(18-28(27)42-8-2)19-29-33(39)37-31(24-11-13-25(40-6)14-12-24)30(22(5)35-34(37)43-29)32(38)36-26-15-9-20(3)17-21(26)4/h9-19,31H,7-8H2,1-6H3,(H,36,38)/b29-19+/t31-/m0/s1. The van der Waals surface area contributed by atoms with Crippen LogP contribution in [0, 0.1) is 13.8 Å². The lowest BCUT2D eigenvalue weighted by atomic mass is 9.95. The number of hydrogen-bond donors (Lipinski definition) is 1. The van der Waals surface area contributed by atoms with Crippen LogP contribution in [0.4, 0.5) is 5.69 Å². The van der Waals surface area contributed by atoms with E-state index in [1.54, 1.807) is 11.7 Å². The molecule has 1 aliphatic heterocycles. The molecule has 0 saturated heterocycles. The molecule has 1 aliphatic rings. The molecular formula is C34H35N3O5S. The van der Waals surface area contributed by atoms with Gasteiger partial charge in [-0.3, -0.25) is 14.2 Å². The van der Waals surface area contributed by atoms with Crippen LogP contribution in [0.15, 0.2) is 81.7 Å². The van der Waals surface area contributed by atoms with Crippen LogP contribution in [0.25, 0.3) is 6.08 Å². The molecule has 1 aromatic heterocycles. The fraction of sp³-hybridized carbons (Fsp3) is 0.265. The molecule has 0 aliphatic carbocycles. The molecule has 0 unspecified atom stereocenters. The van der Waals surface area contributed by atoms with Crippen LogP contribution < -0.4 is 34.4 Å². The fourth-order valence-electron chi connectivity index (χ4n) is 5.17. The first-order chi connectivity index (χ1) is 20.7. The molecule has 9 heteroatoms. The number of rotatable bonds is 9. The zero-order chi connectivity index (χ0) is 30.7. The number of aromatic nitrogens is 1. The van der Waals surface area contributed by atoms with Gasteiger partial charge in [-0.1, -0.05) is 47.2 Å². The van der Waals surface area contributed by atoms with Crippen molar-refractivity contribution in [2.75, 3.05) is 25.6 Å². The van der Waals surface area contributed by atoms with Crippen molar-refractivity contribution in [1.29, 1.82) is 0 Å². The lowest BCUT2D eigenvalue weighted by molar-refractivity contribution is -0.113. The molecule has 3 aromatic carbocycles. The van der Waals surface area contributed by atoms with Crippen LogP contribution >= 0.6 is 11.3 Å². The third kappa shape index (κ3) is 6.12. The van der Waals surface area contributed by atoms with E-state index in [9.17, 15) is 9.59 Å². The normalized spacial score (nSPS) is 14.7. The number of amides is 1. The van der Waals surface area contributed by atoms with Gasteiger partial charge in [0.05, 0.1) is 42.2 Å². The Morgan fingerprint density at radius 3 is 2.37 bits per heavy atom. The minimum atomic E-state index is -0.686. The number of thiazole rings is 1. The number of methoxy groups -OCH3 is 1. The number of benzene rings is 3. The SMILES string of the molecule is CCOc1ccc(/C=c2/sc3n(c2=O)[C@@H](c2ccc(OC)cc2)C(C(=O)Nc2ccc(C)cc2C)=C(C)N=3)cc1OCC. The van der Waals surface area contributed by atoms with Gasteiger partial charge in [-0.2, -0.15) is 0 Å². The summed E-state index contributed by atoms with van der Waals surface area (Å²) < 4.78 is 19.0. The quantitative estimate of drug-likeness (QED) is 0.283. The highest BCUT2D eigenvalue weighted by molar-refractivity contribution is 7.07. The van der Waals surface area contributed by atoms with Crippen molar-refractivity contribution in [1.82, 2.24) is 4.57 Å². The second kappa shape index (κ2) is 12.7. The number of allylic oxidation sites excluding steroid dienone is 1. The highest BCUT2D eigenvalue weighted by Crippen LogP contribution is 2.32. The number of nitrogens with one attached hydrogen (secondary N) is 1. The van der Waals surface area contributed by atoms with Gasteiger partial charge in [0.15, 0.2) is 16.3 Å². The average Bonchev–Trinajstić information content (AvgIpc) is 3.29. The summed E-state index contributed by atoms with van der Waals surface area (Å²) in [6.45, 7) is 10.6. The molecule has 222 valence electrons. The topological polar surface area (TPSA) is 91.2 Å². The number of hydrogen-bond acceptors (Lipinski definition) is 7. The third-order valence-corrected chi connectivity index (χ3v) is 8.18. The van der Waals surface area contributed by atoms with Gasteiger partial charge in [-0.25, -0.2) is 4.99 Å². The Labute approximate surface area is 254 Å². The lowest BCUT2D eigenvalue weighted by Crippen LogP contribution is -2.40. The smallest absolute Gasteiger partial charge is 0.271 e. The highest BCUT2D eigenvalue weighted by Gasteiger charge is 2.32. The maximum atomic E-state index is 14.1. The number of carbonyl (C=O) groups excluding carboxylic acids is 1. The van der Waals surface area contributed by atoms with Crippen molar-refractivity contribution in [3.8, 4) is 17.2 Å². The second-order valence-corrected chi connectivity index (χ2v) is 11.2. The molecule has 43 heavy (non-hydrogen) atoms. The average molecular weight is 598 g/mol. The van der Waals surface area contributed by atoms with E-state index in [2.05, 4.69) is 5.32 Å². The van der Waals surface area contributed by atoms with E-state index in [1.807, 2.05) is 101 Å². The molecule has 2 heterocycles. The minimum absolute atomic E-state index is 0.235. The third-order valence-electron chi connectivity index (χ3n) is 7.19. The number of nitrogens with zero attached hydrogens (tertiary/aromatic N) is 2. The maximum Gasteiger partial charge on any atom is 0.271 e. The van der Waals surface area contributed by atoms with Gasteiger partial charge in [-0.15, -0.1) is 0 Å². The first-order valence-electron chi connectivity index (χ1n) is 14.2. The predicted molar refractivity (Wildman–Crippen MR) is 170 cm³/mol. The summed E-state index contributed by atoms with van der Waals surface area (Å²) in [5.74, 6) is 1.63. The van der Waals surface area contributed by atoms with E-state index in [1.165, 1.54) is 11.3 Å². The van der Waals surface area contributed by atoms with Gasteiger partial charge in [0, 0.05) is 5.69 Å². The molecule has 1 atom stereocenters. The Morgan fingerprint density at radius 2 is 1.70 bits per heavy atom. The van der Waals surface area contributed by atoms with Crippen LogP contribution in [-0.2, 0) is 4.79 Å². The first kappa shape index (κ1) is 29.8. The van der Waals surface area contributed by atoms with Crippen molar-refractivity contribution < 1.29 is 19.0 Å². The van der Waals surface area contributed by atoms with E-state index in [4.69, 9.17) is 19.2 Å². The molecular weight excluding hydrogens is 562 g/mol. The van der Waals surface area contributed by atoms with Crippen LogP contribution in [0.2, 0.25) is 0 Å². The highest BCUT2D eigenvalue weighted by atomic mass is 32.1. The Balaban J connectivity index is 1.63. The summed E-state index contributed by atoms with van der Waals surface area (Å²) in [5.41, 5.74) is 5.05. The molecule has 0 bridgehead atoms. The molecule has 1 amide bonds. The zero-order valence-electron chi connectivity index (χ0n) is 25.2. The van der Waals surface area contributed by atoms with Crippen molar-refractivity contribution in [3.63, 3.8) is 0 Å². The second-order valence-electron chi connectivity index (χ2n) is 10.2. The van der Waals surface area contributed by atoms with Gasteiger partial charge in [0.1, 0.15) is 5.75 Å². The van der Waals surface area contributed by atoms with Crippen LogP contribution in [0.3, 0.4) is 0 Å². The fourth-order valence-corrected chi connectivity index (χ4v) is 6.21. The molecule has 4 aromatic rings. The largest absolute Gasteiger partial charge is 0.497 e. The van der Waals surface area contributed by atoms with E-state index in [0.717, 1.165) is 22.3 Å². The molecule has 5 rings (SSSR count). The van der Waals surface area contributed by atoms with Gasteiger partial charge in [-0.05, 0) is 87.7 Å². The van der Waals surface area contributed by atoms with E-state index in [0.29, 0.717) is 56.8 Å². The Hall–Kier alpha value is -4.63. The van der Waals surface area contributed by atoms with Crippen molar-refractivity contribution in [3.05, 3.63) is 114 Å². The van der Waals surface area contributed by atoms with Crippen molar-refractivity contribution >= 4 is 29.0 Å². The minimum Gasteiger partial charge on any atom is -0.497 e. The first-order valence-corrected chi connectivity index (χ1v) is 15.0. The molecule has 8 nitrogen and oxygen atoms in total. The van der Waals surface area contributed by atoms with Crippen LogP contribution in [-0.4, -0.2) is 30.8 Å². The monoisotopic (exact) mass is 597 g/mol. The van der Waals surface area contributed by atoms with E-state index in [-0.39, 0.29) is 11.5 Å². The summed E-state index contributed by atoms with van der Waals surface area (Å²) in [6, 6.07) is 18.2. The molecule has 0 saturated carbocycles. The molecule has 0 radical (unpaired) electrons. The molecule has 0 fully saturated rings. The number of anilines is 1. The summed E-state index contributed by atoms with van der Waals surface area (Å²) >= 11 is 1.29. The van der Waals surface area contributed by atoms with Gasteiger partial charge < -0.3 is 19.5 Å². The predicted octanol–water partition coefficient (Wildman–Crippen LogP) is 5.30. The van der Waals surface area contributed by atoms with Gasteiger partial charge in [0.2, 0.25) is 0 Å². The Bertz CT molecular complexity index is 1890. The number of carbonyl (C=O) groups is 1. The van der Waals surface area contributed by atoms with Gasteiger partial charge >= 0.3 is 0 Å². The molecule has 0 spiro atoms. The summed E-state index contributed by atoms with van der Waals surface area (Å²) in [6.07, 6.45) is 1.82. The Morgan fingerprint density at radius 1 is 0.977 bits per heavy atom. The van der Waals surface area contributed by atoms with Crippen molar-refractivity contribution in [2.45, 2.75) is 40.7 Å². The molecule has 1 N–H and O–H groups in total.